The van der Waals surface area contributed by atoms with Gasteiger partial charge in [-0.2, -0.15) is 0 Å². The Morgan fingerprint density at radius 3 is 2.82 bits per heavy atom. The van der Waals surface area contributed by atoms with E-state index in [1.165, 1.54) is 0 Å². The lowest BCUT2D eigenvalue weighted by atomic mass is 10.2. The lowest BCUT2D eigenvalue weighted by molar-refractivity contribution is 0.240. The first-order valence-electron chi connectivity index (χ1n) is 5.42. The average molecular weight is 237 g/mol. The van der Waals surface area contributed by atoms with Crippen LogP contribution in [0.4, 0.5) is 4.79 Å². The van der Waals surface area contributed by atoms with Crippen LogP contribution in [0.15, 0.2) is 18.2 Å². The highest BCUT2D eigenvalue weighted by Gasteiger charge is 2.10. The molecule has 92 valence electrons. The van der Waals surface area contributed by atoms with Crippen LogP contribution < -0.4 is 26.1 Å². The summed E-state index contributed by atoms with van der Waals surface area (Å²) in [6, 6.07) is 5.16. The first-order valence-corrected chi connectivity index (χ1v) is 5.42. The zero-order valence-corrected chi connectivity index (χ0v) is 9.36. The fraction of sp³-hybridized carbons (Fsp3) is 0.364. The molecule has 0 fully saturated rings. The fourth-order valence-electron chi connectivity index (χ4n) is 1.55. The third-order valence-corrected chi connectivity index (χ3v) is 2.40. The Hall–Kier alpha value is -1.95. The highest BCUT2D eigenvalue weighted by Crippen LogP contribution is 2.30. The number of nitrogens with two attached hydrogens (primary N) is 1. The first-order chi connectivity index (χ1) is 8.29. The molecule has 0 saturated heterocycles. The molecule has 17 heavy (non-hydrogen) atoms. The Labute approximate surface area is 99.0 Å². The van der Waals surface area contributed by atoms with Gasteiger partial charge in [-0.3, -0.25) is 5.43 Å². The minimum absolute atomic E-state index is 0.389. The van der Waals surface area contributed by atoms with E-state index in [4.69, 9.17) is 15.3 Å². The molecular formula is C11H15N3O3. The van der Waals surface area contributed by atoms with E-state index in [0.29, 0.717) is 19.8 Å². The van der Waals surface area contributed by atoms with Crippen molar-refractivity contribution < 1.29 is 14.3 Å². The Morgan fingerprint density at radius 2 is 2.06 bits per heavy atom. The van der Waals surface area contributed by atoms with Crippen LogP contribution in [0.25, 0.3) is 0 Å². The molecule has 6 heteroatoms. The molecule has 1 aliphatic heterocycles. The highest BCUT2D eigenvalue weighted by atomic mass is 16.5. The molecule has 0 bridgehead atoms. The predicted molar refractivity (Wildman–Crippen MR) is 61.6 cm³/mol. The van der Waals surface area contributed by atoms with Crippen molar-refractivity contribution in [1.82, 2.24) is 10.7 Å². The van der Waals surface area contributed by atoms with Gasteiger partial charge in [0, 0.05) is 13.0 Å². The Kier molecular flexibility index (Phi) is 3.66. The van der Waals surface area contributed by atoms with Gasteiger partial charge in [0.25, 0.3) is 0 Å². The molecule has 0 saturated carbocycles. The number of ether oxygens (including phenoxy) is 2. The van der Waals surface area contributed by atoms with Gasteiger partial charge in [0.2, 0.25) is 0 Å². The van der Waals surface area contributed by atoms with Crippen LogP contribution in [-0.4, -0.2) is 19.2 Å². The molecule has 0 aliphatic carbocycles. The number of hydrogen-bond acceptors (Lipinski definition) is 4. The van der Waals surface area contributed by atoms with Gasteiger partial charge in [-0.1, -0.05) is 6.07 Å². The smallest absolute Gasteiger partial charge is 0.329 e. The van der Waals surface area contributed by atoms with Crippen LogP contribution in [0.3, 0.4) is 0 Å². The number of fused-ring (bicyclic) bond motifs is 1. The number of hydrogen-bond donors (Lipinski definition) is 3. The maximum Gasteiger partial charge on any atom is 0.329 e. The Balaban J connectivity index is 2.04. The summed E-state index contributed by atoms with van der Waals surface area (Å²) in [7, 11) is 0. The molecule has 1 aromatic rings. The lowest BCUT2D eigenvalue weighted by Gasteiger charge is -2.09. The second-order valence-corrected chi connectivity index (χ2v) is 3.66. The number of urea groups is 1. The normalized spacial score (nSPS) is 13.7. The number of carbonyl (C=O) groups excluding carboxylic acids is 1. The van der Waals surface area contributed by atoms with Crippen LogP contribution in [0.2, 0.25) is 0 Å². The zero-order valence-electron chi connectivity index (χ0n) is 9.36. The van der Waals surface area contributed by atoms with Gasteiger partial charge in [0.15, 0.2) is 11.5 Å². The first kappa shape index (κ1) is 11.5. The van der Waals surface area contributed by atoms with Crippen LogP contribution in [0, 0.1) is 0 Å². The van der Waals surface area contributed by atoms with Gasteiger partial charge in [-0.15, -0.1) is 0 Å². The lowest BCUT2D eigenvalue weighted by Crippen LogP contribution is -2.39. The fourth-order valence-corrected chi connectivity index (χ4v) is 1.55. The maximum absolute atomic E-state index is 10.9. The molecule has 0 spiro atoms. The summed E-state index contributed by atoms with van der Waals surface area (Å²) < 4.78 is 11.0. The van der Waals surface area contributed by atoms with E-state index >= 15 is 0 Å². The number of rotatable bonds is 2. The maximum atomic E-state index is 10.9. The molecule has 6 nitrogen and oxygen atoms in total. The number of benzene rings is 1. The topological polar surface area (TPSA) is 85.6 Å². The van der Waals surface area contributed by atoms with Crippen molar-refractivity contribution in [2.24, 2.45) is 5.84 Å². The van der Waals surface area contributed by atoms with Gasteiger partial charge in [0.05, 0.1) is 13.2 Å². The molecule has 2 amide bonds. The van der Waals surface area contributed by atoms with Crippen molar-refractivity contribution in [2.45, 2.75) is 13.0 Å². The van der Waals surface area contributed by atoms with Crippen LogP contribution in [-0.2, 0) is 6.54 Å². The molecule has 0 aromatic heterocycles. The summed E-state index contributed by atoms with van der Waals surface area (Å²) in [6.07, 6.45) is 0.873. The van der Waals surface area contributed by atoms with E-state index < -0.39 is 6.03 Å². The van der Waals surface area contributed by atoms with Crippen molar-refractivity contribution in [3.8, 4) is 11.5 Å². The minimum atomic E-state index is -0.419. The van der Waals surface area contributed by atoms with Crippen molar-refractivity contribution in [2.75, 3.05) is 13.2 Å². The number of hydrazine groups is 1. The highest BCUT2D eigenvalue weighted by molar-refractivity contribution is 5.73. The van der Waals surface area contributed by atoms with E-state index in [1.807, 2.05) is 23.6 Å². The van der Waals surface area contributed by atoms with E-state index in [0.717, 1.165) is 23.5 Å². The number of nitrogens with one attached hydrogen (secondary N) is 2. The zero-order chi connectivity index (χ0) is 12.1. The summed E-state index contributed by atoms with van der Waals surface area (Å²) in [5, 5.41) is 2.60. The summed E-state index contributed by atoms with van der Waals surface area (Å²) in [5.74, 6) is 6.42. The van der Waals surface area contributed by atoms with E-state index in [1.54, 1.807) is 0 Å². The quantitative estimate of drug-likeness (QED) is 0.397. The summed E-state index contributed by atoms with van der Waals surface area (Å²) >= 11 is 0. The molecule has 1 aromatic carbocycles. The van der Waals surface area contributed by atoms with Crippen molar-refractivity contribution in [3.05, 3.63) is 23.8 Å². The molecule has 0 radical (unpaired) electrons. The predicted octanol–water partition coefficient (Wildman–Crippen LogP) is 0.521. The van der Waals surface area contributed by atoms with Crippen molar-refractivity contribution in [3.63, 3.8) is 0 Å². The summed E-state index contributed by atoms with van der Waals surface area (Å²) in [5.41, 5.74) is 2.93. The largest absolute Gasteiger partial charge is 0.490 e. The second kappa shape index (κ2) is 5.40. The minimum Gasteiger partial charge on any atom is -0.490 e. The van der Waals surface area contributed by atoms with E-state index in [9.17, 15) is 4.79 Å². The SMILES string of the molecule is NNC(=O)NCc1ccc2c(c1)OCCCO2. The van der Waals surface area contributed by atoms with Crippen molar-refractivity contribution >= 4 is 6.03 Å². The van der Waals surface area contributed by atoms with Gasteiger partial charge in [-0.05, 0) is 17.7 Å². The summed E-state index contributed by atoms with van der Waals surface area (Å²) in [4.78, 5) is 10.9. The van der Waals surface area contributed by atoms with Gasteiger partial charge in [0.1, 0.15) is 0 Å². The third-order valence-electron chi connectivity index (χ3n) is 2.40. The monoisotopic (exact) mass is 237 g/mol. The van der Waals surface area contributed by atoms with E-state index in [-0.39, 0.29) is 0 Å². The number of carbonyl (C=O) groups is 1. The molecule has 1 heterocycles. The van der Waals surface area contributed by atoms with E-state index in [2.05, 4.69) is 5.32 Å². The molecule has 2 rings (SSSR count). The Bertz CT molecular complexity index is 409. The second-order valence-electron chi connectivity index (χ2n) is 3.66. The molecular weight excluding hydrogens is 222 g/mol. The van der Waals surface area contributed by atoms with Gasteiger partial charge in [-0.25, -0.2) is 10.6 Å². The van der Waals surface area contributed by atoms with Crippen LogP contribution in [0.5, 0.6) is 11.5 Å². The van der Waals surface area contributed by atoms with Crippen molar-refractivity contribution in [1.29, 1.82) is 0 Å². The molecule has 1 aliphatic rings. The molecule has 0 unspecified atom stereocenters. The molecule has 0 atom stereocenters. The number of amides is 2. The van der Waals surface area contributed by atoms with Gasteiger partial charge < -0.3 is 14.8 Å². The molecule has 4 N–H and O–H groups in total. The Morgan fingerprint density at radius 1 is 1.29 bits per heavy atom. The van der Waals surface area contributed by atoms with Crippen LogP contribution in [0.1, 0.15) is 12.0 Å². The van der Waals surface area contributed by atoms with Gasteiger partial charge >= 0.3 is 6.03 Å². The third kappa shape index (κ3) is 3.01. The van der Waals surface area contributed by atoms with Crippen LogP contribution >= 0.6 is 0 Å². The standard InChI is InChI=1S/C11H15N3O3/c12-14-11(15)13-7-8-2-3-9-10(6-8)17-5-1-4-16-9/h2-3,6H,1,4-5,7,12H2,(H2,13,14,15). The average Bonchev–Trinajstić information content (AvgIpc) is 2.60. The summed E-state index contributed by atoms with van der Waals surface area (Å²) in [6.45, 7) is 1.70.